The zero-order valence-electron chi connectivity index (χ0n) is 18.6. The van der Waals surface area contributed by atoms with E-state index < -0.39 is 35.6 Å². The molecule has 0 unspecified atom stereocenters. The van der Waals surface area contributed by atoms with Gasteiger partial charge in [0.05, 0.1) is 12.6 Å². The summed E-state index contributed by atoms with van der Waals surface area (Å²) in [6.07, 6.45) is 0.888. The van der Waals surface area contributed by atoms with Crippen LogP contribution in [0.5, 0.6) is 0 Å². The predicted molar refractivity (Wildman–Crippen MR) is 113 cm³/mol. The quantitative estimate of drug-likeness (QED) is 0.736. The molecule has 0 bridgehead atoms. The summed E-state index contributed by atoms with van der Waals surface area (Å²) in [7, 11) is 0. The number of amides is 3. The van der Waals surface area contributed by atoms with Gasteiger partial charge in [0.1, 0.15) is 17.4 Å². The molecule has 0 aliphatic carbocycles. The first-order chi connectivity index (χ1) is 14.0. The third kappa shape index (κ3) is 6.08. The Morgan fingerprint density at radius 2 is 1.80 bits per heavy atom. The van der Waals surface area contributed by atoms with Crippen LogP contribution in [0.15, 0.2) is 42.2 Å². The lowest BCUT2D eigenvalue weighted by atomic mass is 10.00. The number of carbonyl (C=O) groups excluding carboxylic acids is 3. The number of hydrogen-bond acceptors (Lipinski definition) is 5. The van der Waals surface area contributed by atoms with Gasteiger partial charge >= 0.3 is 6.09 Å². The van der Waals surface area contributed by atoms with Crippen LogP contribution in [0.3, 0.4) is 0 Å². The van der Waals surface area contributed by atoms with Crippen LogP contribution >= 0.6 is 0 Å². The summed E-state index contributed by atoms with van der Waals surface area (Å²) in [5.74, 6) is -0.496. The van der Waals surface area contributed by atoms with Crippen molar-refractivity contribution in [2.75, 3.05) is 6.61 Å². The van der Waals surface area contributed by atoms with Crippen LogP contribution in [-0.4, -0.2) is 47.1 Å². The fraction of sp³-hybridized carbons (Fsp3) is 0.522. The Morgan fingerprint density at radius 1 is 1.17 bits per heavy atom. The van der Waals surface area contributed by atoms with Crippen molar-refractivity contribution in [1.82, 2.24) is 10.2 Å². The van der Waals surface area contributed by atoms with Gasteiger partial charge in [-0.2, -0.15) is 0 Å². The molecule has 1 aromatic carbocycles. The van der Waals surface area contributed by atoms with Crippen molar-refractivity contribution in [2.45, 2.75) is 65.6 Å². The topological polar surface area (TPSA) is 84.9 Å². The molecular formula is C23H32N2O5. The van der Waals surface area contributed by atoms with Crippen LogP contribution in [0.25, 0.3) is 0 Å². The lowest BCUT2D eigenvalue weighted by Gasteiger charge is -2.31. The number of imide groups is 1. The van der Waals surface area contributed by atoms with Gasteiger partial charge in [-0.3, -0.25) is 14.5 Å². The molecule has 0 saturated heterocycles. The fourth-order valence-electron chi connectivity index (χ4n) is 3.37. The molecule has 0 spiro atoms. The predicted octanol–water partition coefficient (Wildman–Crippen LogP) is 3.44. The number of ether oxygens (including phenoxy) is 2. The number of alkyl carbamates (subject to hydrolysis) is 1. The molecule has 2 rings (SSSR count). The molecule has 1 aliphatic heterocycles. The monoisotopic (exact) mass is 416 g/mol. The molecule has 30 heavy (non-hydrogen) atoms. The average molecular weight is 417 g/mol. The number of hydrogen-bond donors (Lipinski definition) is 1. The second-order valence-electron chi connectivity index (χ2n) is 8.60. The summed E-state index contributed by atoms with van der Waals surface area (Å²) in [4.78, 5) is 39.8. The summed E-state index contributed by atoms with van der Waals surface area (Å²) in [5.41, 5.74) is 0.149. The van der Waals surface area contributed by atoms with E-state index >= 15 is 0 Å². The van der Waals surface area contributed by atoms with Gasteiger partial charge in [0.25, 0.3) is 11.8 Å². The van der Waals surface area contributed by atoms with Crippen LogP contribution in [0.1, 0.15) is 47.1 Å². The second-order valence-corrected chi connectivity index (χ2v) is 8.60. The number of nitrogens with one attached hydrogen (secondary N) is 1. The molecule has 1 aromatic rings. The van der Waals surface area contributed by atoms with E-state index in [1.54, 1.807) is 20.8 Å². The zero-order chi connectivity index (χ0) is 22.5. The Balaban J connectivity index is 2.30. The average Bonchev–Trinajstić information content (AvgIpc) is 2.96. The summed E-state index contributed by atoms with van der Waals surface area (Å²) in [6.45, 7) is 11.3. The molecule has 7 nitrogen and oxygen atoms in total. The molecule has 3 amide bonds. The minimum Gasteiger partial charge on any atom is -0.496 e. The van der Waals surface area contributed by atoms with E-state index in [4.69, 9.17) is 9.47 Å². The molecule has 0 saturated carbocycles. The molecule has 1 heterocycles. The molecule has 0 aromatic heterocycles. The Morgan fingerprint density at radius 3 is 2.33 bits per heavy atom. The molecule has 0 fully saturated rings. The van der Waals surface area contributed by atoms with Gasteiger partial charge in [0.2, 0.25) is 0 Å². The molecule has 1 aliphatic rings. The minimum absolute atomic E-state index is 0.0444. The van der Waals surface area contributed by atoms with Crippen LogP contribution < -0.4 is 5.32 Å². The summed E-state index contributed by atoms with van der Waals surface area (Å²) < 4.78 is 10.9. The van der Waals surface area contributed by atoms with Crippen LogP contribution in [-0.2, 0) is 25.5 Å². The number of benzene rings is 1. The first-order valence-electron chi connectivity index (χ1n) is 10.3. The van der Waals surface area contributed by atoms with Crippen LogP contribution in [0.2, 0.25) is 0 Å². The standard InChI is InChI=1S/C23H32N2O5/c1-7-29-18-14-19(26)25(20(18)15(2)3)21(27)17(13-16-11-9-8-10-12-16)24-22(28)30-23(4,5)6/h8-12,14-15,17,20H,7,13H2,1-6H3,(H,24,28)/t17-,20-/m0/s1. The zero-order valence-corrected chi connectivity index (χ0v) is 18.6. The molecule has 1 N–H and O–H groups in total. The highest BCUT2D eigenvalue weighted by atomic mass is 16.6. The maximum Gasteiger partial charge on any atom is 0.408 e. The maximum absolute atomic E-state index is 13.5. The summed E-state index contributed by atoms with van der Waals surface area (Å²) in [5, 5.41) is 2.66. The Labute approximate surface area is 178 Å². The maximum atomic E-state index is 13.5. The van der Waals surface area contributed by atoms with E-state index in [1.807, 2.05) is 51.1 Å². The largest absolute Gasteiger partial charge is 0.496 e. The molecule has 164 valence electrons. The molecule has 2 atom stereocenters. The van der Waals surface area contributed by atoms with Crippen molar-refractivity contribution < 1.29 is 23.9 Å². The Kier molecular flexibility index (Phi) is 7.65. The number of rotatable bonds is 7. The van der Waals surface area contributed by atoms with E-state index in [9.17, 15) is 14.4 Å². The fourth-order valence-corrected chi connectivity index (χ4v) is 3.37. The Bertz CT molecular complexity index is 796. The van der Waals surface area contributed by atoms with Crippen molar-refractivity contribution >= 4 is 17.9 Å². The minimum atomic E-state index is -0.957. The van der Waals surface area contributed by atoms with Gasteiger partial charge in [-0.1, -0.05) is 44.2 Å². The van der Waals surface area contributed by atoms with E-state index in [-0.39, 0.29) is 12.3 Å². The lowest BCUT2D eigenvalue weighted by Crippen LogP contribution is -2.54. The van der Waals surface area contributed by atoms with Gasteiger partial charge < -0.3 is 14.8 Å². The van der Waals surface area contributed by atoms with Crippen LogP contribution in [0, 0.1) is 5.92 Å². The van der Waals surface area contributed by atoms with E-state index in [1.165, 1.54) is 11.0 Å². The highest BCUT2D eigenvalue weighted by Gasteiger charge is 2.43. The van der Waals surface area contributed by atoms with Crippen molar-refractivity contribution in [3.05, 3.63) is 47.7 Å². The van der Waals surface area contributed by atoms with Crippen molar-refractivity contribution in [3.63, 3.8) is 0 Å². The molecule has 0 radical (unpaired) electrons. The van der Waals surface area contributed by atoms with Gasteiger partial charge in [0, 0.05) is 12.5 Å². The highest BCUT2D eigenvalue weighted by molar-refractivity contribution is 6.06. The van der Waals surface area contributed by atoms with Gasteiger partial charge in [-0.05, 0) is 39.2 Å². The van der Waals surface area contributed by atoms with Crippen molar-refractivity contribution in [3.8, 4) is 0 Å². The van der Waals surface area contributed by atoms with E-state index in [2.05, 4.69) is 5.32 Å². The van der Waals surface area contributed by atoms with E-state index in [0.29, 0.717) is 12.4 Å². The summed E-state index contributed by atoms with van der Waals surface area (Å²) >= 11 is 0. The first-order valence-corrected chi connectivity index (χ1v) is 10.3. The third-order valence-electron chi connectivity index (χ3n) is 4.52. The summed E-state index contributed by atoms with van der Waals surface area (Å²) in [6, 6.07) is 7.86. The van der Waals surface area contributed by atoms with Gasteiger partial charge in [-0.15, -0.1) is 0 Å². The second kappa shape index (κ2) is 9.78. The molecule has 7 heteroatoms. The Hall–Kier alpha value is -2.83. The van der Waals surface area contributed by atoms with Crippen molar-refractivity contribution in [1.29, 1.82) is 0 Å². The first kappa shape index (κ1) is 23.4. The van der Waals surface area contributed by atoms with Gasteiger partial charge in [0.15, 0.2) is 0 Å². The molecular weight excluding hydrogens is 384 g/mol. The highest BCUT2D eigenvalue weighted by Crippen LogP contribution is 2.28. The number of carbonyl (C=O) groups is 3. The number of nitrogens with zero attached hydrogens (tertiary/aromatic N) is 1. The van der Waals surface area contributed by atoms with Crippen molar-refractivity contribution in [2.24, 2.45) is 5.92 Å². The lowest BCUT2D eigenvalue weighted by molar-refractivity contribution is -0.145. The van der Waals surface area contributed by atoms with Gasteiger partial charge in [-0.25, -0.2) is 4.79 Å². The third-order valence-corrected chi connectivity index (χ3v) is 4.52. The smallest absolute Gasteiger partial charge is 0.408 e. The SMILES string of the molecule is CCOC1=CC(=O)N(C(=O)[C@H](Cc2ccccc2)NC(=O)OC(C)(C)C)[C@H]1C(C)C. The van der Waals surface area contributed by atoms with E-state index in [0.717, 1.165) is 5.56 Å². The normalized spacial score (nSPS) is 17.6. The van der Waals surface area contributed by atoms with Crippen LogP contribution in [0.4, 0.5) is 4.79 Å².